The average Bonchev–Trinajstić information content (AvgIpc) is 2.18. The number of carbonyl (C=O) groups is 1. The third kappa shape index (κ3) is 1.58. The van der Waals surface area contributed by atoms with Crippen LogP contribution < -0.4 is 5.73 Å². The molecule has 2 N–H and O–H groups in total. The highest BCUT2D eigenvalue weighted by Crippen LogP contribution is 2.02. The summed E-state index contributed by atoms with van der Waals surface area (Å²) in [6.45, 7) is 3.90. The molecule has 1 aromatic heterocycles. The van der Waals surface area contributed by atoms with E-state index in [0.29, 0.717) is 0 Å². The molecule has 1 radical (unpaired) electrons. The molecule has 0 spiro atoms. The van der Waals surface area contributed by atoms with Gasteiger partial charge >= 0.3 is 0 Å². The maximum atomic E-state index is 10.5. The fourth-order valence-electron chi connectivity index (χ4n) is 0.796. The van der Waals surface area contributed by atoms with E-state index < -0.39 is 0 Å². The number of nitrogens with zero attached hydrogens (tertiary/aromatic N) is 2. The molecule has 0 atom stereocenters. The van der Waals surface area contributed by atoms with E-state index in [9.17, 15) is 4.79 Å². The van der Waals surface area contributed by atoms with Crippen LogP contribution in [0.3, 0.4) is 0 Å². The number of primary amides is 1. The molecule has 1 aromatic rings. The lowest BCUT2D eigenvalue weighted by atomic mass is 10.4. The minimum absolute atomic E-state index is 0.159. The second kappa shape index (κ2) is 2.74. The van der Waals surface area contributed by atoms with Crippen LogP contribution in [0.1, 0.15) is 11.4 Å². The normalized spacial score (nSPS) is 10.0. The van der Waals surface area contributed by atoms with E-state index in [1.807, 2.05) is 13.8 Å². The van der Waals surface area contributed by atoms with Crippen molar-refractivity contribution in [3.63, 3.8) is 0 Å². The van der Waals surface area contributed by atoms with Crippen LogP contribution in [0, 0.1) is 20.2 Å². The minimum atomic E-state index is -0.373. The Morgan fingerprint density at radius 2 is 2.36 bits per heavy atom. The summed E-state index contributed by atoms with van der Waals surface area (Å²) in [7, 11) is 0. The van der Waals surface area contributed by atoms with E-state index in [1.165, 1.54) is 0 Å². The fourth-order valence-corrected chi connectivity index (χ4v) is 0.796. The Morgan fingerprint density at radius 3 is 2.73 bits per heavy atom. The Bertz CT molecular complexity index is 277. The molecule has 59 valence electrons. The maximum Gasteiger partial charge on any atom is 0.237 e. The quantitative estimate of drug-likeness (QED) is 0.637. The lowest BCUT2D eigenvalue weighted by molar-refractivity contribution is -0.118. The lowest BCUT2D eigenvalue weighted by Gasteiger charge is -1.99. The van der Waals surface area contributed by atoms with E-state index in [2.05, 4.69) is 11.3 Å². The van der Waals surface area contributed by atoms with E-state index >= 15 is 0 Å². The number of imidazole rings is 1. The molecule has 0 unspecified atom stereocenters. The zero-order valence-electron chi connectivity index (χ0n) is 6.59. The van der Waals surface area contributed by atoms with Crippen molar-refractivity contribution in [2.45, 2.75) is 20.4 Å². The van der Waals surface area contributed by atoms with Gasteiger partial charge in [0.05, 0.1) is 5.69 Å². The van der Waals surface area contributed by atoms with Crippen molar-refractivity contribution >= 4 is 5.91 Å². The summed E-state index contributed by atoms with van der Waals surface area (Å²) in [5.74, 6) is -0.373. The van der Waals surface area contributed by atoms with E-state index in [4.69, 9.17) is 5.73 Å². The highest BCUT2D eigenvalue weighted by Gasteiger charge is 2.03. The number of amides is 1. The van der Waals surface area contributed by atoms with Crippen LogP contribution in [0.25, 0.3) is 0 Å². The van der Waals surface area contributed by atoms with Crippen molar-refractivity contribution in [2.24, 2.45) is 5.73 Å². The van der Waals surface area contributed by atoms with Crippen molar-refractivity contribution in [1.82, 2.24) is 9.55 Å². The number of hydrogen-bond acceptors (Lipinski definition) is 2. The molecule has 0 aliphatic heterocycles. The predicted octanol–water partition coefficient (Wildman–Crippen LogP) is -0.215. The van der Waals surface area contributed by atoms with Crippen LogP contribution in [-0.2, 0) is 11.3 Å². The minimum Gasteiger partial charge on any atom is -0.368 e. The first-order valence-corrected chi connectivity index (χ1v) is 3.31. The summed E-state index contributed by atoms with van der Waals surface area (Å²) in [4.78, 5) is 14.4. The van der Waals surface area contributed by atoms with Gasteiger partial charge in [-0.2, -0.15) is 0 Å². The molecule has 0 fully saturated rings. The number of nitrogens with two attached hydrogens (primary N) is 1. The number of aryl methyl sites for hydroxylation is 1. The predicted molar refractivity (Wildman–Crippen MR) is 39.7 cm³/mol. The molecule has 1 rings (SSSR count). The van der Waals surface area contributed by atoms with Crippen LogP contribution in [0.4, 0.5) is 0 Å². The second-order valence-electron chi connectivity index (χ2n) is 2.44. The Labute approximate surface area is 65.0 Å². The highest BCUT2D eigenvalue weighted by atomic mass is 16.1. The Kier molecular flexibility index (Phi) is 1.94. The van der Waals surface area contributed by atoms with Gasteiger partial charge in [-0.3, -0.25) is 4.79 Å². The van der Waals surface area contributed by atoms with Gasteiger partial charge in [0.25, 0.3) is 0 Å². The third-order valence-corrected chi connectivity index (χ3v) is 1.58. The SMILES string of the molecule is Cc1n[c]n(CC(N)=O)c1C. The van der Waals surface area contributed by atoms with Crippen molar-refractivity contribution in [2.75, 3.05) is 0 Å². The molecule has 1 heterocycles. The van der Waals surface area contributed by atoms with Crippen LogP contribution in [0.2, 0.25) is 0 Å². The van der Waals surface area contributed by atoms with Crippen LogP contribution in [0.5, 0.6) is 0 Å². The molecule has 4 heteroatoms. The van der Waals surface area contributed by atoms with Gasteiger partial charge in [0.15, 0.2) is 6.33 Å². The molecule has 11 heavy (non-hydrogen) atoms. The number of aromatic nitrogens is 2. The standard InChI is InChI=1S/C7H10N3O/c1-5-6(2)10(4-9-5)3-7(8)11/h3H2,1-2H3,(H2,8,11). The highest BCUT2D eigenvalue weighted by molar-refractivity contribution is 5.73. The molecule has 0 aliphatic rings. The number of rotatable bonds is 2. The first-order chi connectivity index (χ1) is 5.11. The van der Waals surface area contributed by atoms with Crippen molar-refractivity contribution < 1.29 is 4.79 Å². The van der Waals surface area contributed by atoms with E-state index in [1.54, 1.807) is 4.57 Å². The third-order valence-electron chi connectivity index (χ3n) is 1.58. The van der Waals surface area contributed by atoms with Crippen molar-refractivity contribution in [3.8, 4) is 0 Å². The Balaban J connectivity index is 2.87. The monoisotopic (exact) mass is 152 g/mol. The maximum absolute atomic E-state index is 10.5. The van der Waals surface area contributed by atoms with Crippen molar-refractivity contribution in [1.29, 1.82) is 0 Å². The molecule has 0 bridgehead atoms. The molecule has 4 nitrogen and oxygen atoms in total. The summed E-state index contributed by atoms with van der Waals surface area (Å²) in [6, 6.07) is 0. The summed E-state index contributed by atoms with van der Waals surface area (Å²) in [6.07, 6.45) is 2.67. The van der Waals surface area contributed by atoms with Gasteiger partial charge < -0.3 is 10.3 Å². The first-order valence-electron chi connectivity index (χ1n) is 3.31. The smallest absolute Gasteiger partial charge is 0.237 e. The number of carbonyl (C=O) groups excluding carboxylic acids is 1. The van der Waals surface area contributed by atoms with Crippen LogP contribution >= 0.6 is 0 Å². The molecule has 0 aromatic carbocycles. The summed E-state index contributed by atoms with van der Waals surface area (Å²) in [5.41, 5.74) is 6.81. The van der Waals surface area contributed by atoms with Crippen LogP contribution in [-0.4, -0.2) is 15.5 Å². The van der Waals surface area contributed by atoms with Gasteiger partial charge in [-0.05, 0) is 13.8 Å². The van der Waals surface area contributed by atoms with Gasteiger partial charge in [0, 0.05) is 5.69 Å². The van der Waals surface area contributed by atoms with Gasteiger partial charge in [0.2, 0.25) is 5.91 Å². The number of hydrogen-bond donors (Lipinski definition) is 1. The topological polar surface area (TPSA) is 60.9 Å². The molecule has 0 aliphatic carbocycles. The lowest BCUT2D eigenvalue weighted by Crippen LogP contribution is -2.18. The van der Waals surface area contributed by atoms with Crippen molar-refractivity contribution in [3.05, 3.63) is 17.7 Å². The molecular formula is C7H10N3O. The zero-order chi connectivity index (χ0) is 8.43. The van der Waals surface area contributed by atoms with Crippen LogP contribution in [0.15, 0.2) is 0 Å². The van der Waals surface area contributed by atoms with Gasteiger partial charge in [0.1, 0.15) is 6.54 Å². The van der Waals surface area contributed by atoms with Gasteiger partial charge in [-0.25, -0.2) is 4.98 Å². The fraction of sp³-hybridized carbons (Fsp3) is 0.429. The summed E-state index contributed by atoms with van der Waals surface area (Å²) < 4.78 is 1.61. The van der Waals surface area contributed by atoms with Gasteiger partial charge in [-0.15, -0.1) is 0 Å². The average molecular weight is 152 g/mol. The second-order valence-corrected chi connectivity index (χ2v) is 2.44. The molecule has 0 saturated heterocycles. The summed E-state index contributed by atoms with van der Waals surface area (Å²) >= 11 is 0. The zero-order valence-corrected chi connectivity index (χ0v) is 6.59. The largest absolute Gasteiger partial charge is 0.368 e. The molecular weight excluding hydrogens is 142 g/mol. The summed E-state index contributed by atoms with van der Waals surface area (Å²) in [5, 5.41) is 0. The molecule has 1 amide bonds. The van der Waals surface area contributed by atoms with E-state index in [0.717, 1.165) is 11.4 Å². The first kappa shape index (κ1) is 7.78. The van der Waals surface area contributed by atoms with E-state index in [-0.39, 0.29) is 12.5 Å². The Hall–Kier alpha value is -1.32. The van der Waals surface area contributed by atoms with Gasteiger partial charge in [-0.1, -0.05) is 0 Å². The molecule has 0 saturated carbocycles. The Morgan fingerprint density at radius 1 is 1.73 bits per heavy atom.